The van der Waals surface area contributed by atoms with E-state index in [1.165, 1.54) is 42.4 Å². The monoisotopic (exact) mass is 473 g/mol. The Kier molecular flexibility index (Phi) is 10.8. The molecule has 0 heterocycles. The largest absolute Gasteiger partial charge is 0.497 e. The zero-order valence-electron chi connectivity index (χ0n) is 20.9. The van der Waals surface area contributed by atoms with Gasteiger partial charge in [-0.3, -0.25) is 10.1 Å². The number of benzene rings is 3. The lowest BCUT2D eigenvalue weighted by atomic mass is 9.77. The SMILES string of the molecule is COc1ccc(C(NCCCCCCCCCCC(=O)O)(c2ccccc2)c2ccccc2)cc1. The second kappa shape index (κ2) is 14.3. The number of carboxylic acid groups (broad SMARTS) is 1. The lowest BCUT2D eigenvalue weighted by molar-refractivity contribution is -0.137. The highest BCUT2D eigenvalue weighted by molar-refractivity contribution is 5.66. The van der Waals surface area contributed by atoms with Gasteiger partial charge in [0.2, 0.25) is 0 Å². The predicted octanol–water partition coefficient (Wildman–Crippen LogP) is 7.17. The Morgan fingerprint density at radius 3 is 1.63 bits per heavy atom. The molecule has 0 atom stereocenters. The van der Waals surface area contributed by atoms with Crippen molar-refractivity contribution in [3.05, 3.63) is 102 Å². The summed E-state index contributed by atoms with van der Waals surface area (Å²) in [7, 11) is 1.70. The minimum atomic E-state index is -0.686. The Hall–Kier alpha value is -3.11. The molecule has 0 aliphatic heterocycles. The molecule has 4 heteroatoms. The molecule has 0 aliphatic carbocycles. The first kappa shape index (κ1) is 26.5. The first-order valence-corrected chi connectivity index (χ1v) is 12.9. The van der Waals surface area contributed by atoms with Gasteiger partial charge in [0.15, 0.2) is 0 Å². The van der Waals surface area contributed by atoms with Crippen molar-refractivity contribution in [2.45, 2.75) is 63.3 Å². The van der Waals surface area contributed by atoms with Crippen molar-refractivity contribution >= 4 is 5.97 Å². The summed E-state index contributed by atoms with van der Waals surface area (Å²) < 4.78 is 5.42. The summed E-state index contributed by atoms with van der Waals surface area (Å²) in [5, 5.41) is 12.7. The fourth-order valence-electron chi connectivity index (χ4n) is 4.76. The van der Waals surface area contributed by atoms with Gasteiger partial charge in [-0.2, -0.15) is 0 Å². The quantitative estimate of drug-likeness (QED) is 0.171. The summed E-state index contributed by atoms with van der Waals surface area (Å²) in [6, 6.07) is 29.8. The lowest BCUT2D eigenvalue weighted by Gasteiger charge is -2.37. The maximum Gasteiger partial charge on any atom is 0.303 e. The van der Waals surface area contributed by atoms with Crippen LogP contribution in [0.5, 0.6) is 5.75 Å². The molecular formula is C31H39NO3. The third-order valence-electron chi connectivity index (χ3n) is 6.64. The summed E-state index contributed by atoms with van der Waals surface area (Å²) >= 11 is 0. The van der Waals surface area contributed by atoms with Crippen molar-refractivity contribution in [3.63, 3.8) is 0 Å². The molecule has 0 radical (unpaired) electrons. The Balaban J connectivity index is 1.66. The van der Waals surface area contributed by atoms with Crippen molar-refractivity contribution < 1.29 is 14.6 Å². The second-order valence-electron chi connectivity index (χ2n) is 9.11. The average molecular weight is 474 g/mol. The van der Waals surface area contributed by atoms with Crippen LogP contribution in [0.4, 0.5) is 0 Å². The minimum Gasteiger partial charge on any atom is -0.497 e. The van der Waals surface area contributed by atoms with Crippen LogP contribution < -0.4 is 10.1 Å². The van der Waals surface area contributed by atoms with E-state index in [0.717, 1.165) is 38.0 Å². The summed E-state index contributed by atoms with van der Waals surface area (Å²) in [6.45, 7) is 0.911. The first-order valence-electron chi connectivity index (χ1n) is 12.9. The van der Waals surface area contributed by atoms with E-state index in [1.54, 1.807) is 7.11 Å². The van der Waals surface area contributed by atoms with Crippen LogP contribution >= 0.6 is 0 Å². The number of nitrogens with one attached hydrogen (secondary N) is 1. The molecular weight excluding hydrogens is 434 g/mol. The highest BCUT2D eigenvalue weighted by Gasteiger charge is 2.35. The molecule has 0 fully saturated rings. The van der Waals surface area contributed by atoms with Crippen LogP contribution in [0.2, 0.25) is 0 Å². The molecule has 0 saturated heterocycles. The van der Waals surface area contributed by atoms with Crippen molar-refractivity contribution in [2.75, 3.05) is 13.7 Å². The molecule has 0 aliphatic rings. The van der Waals surface area contributed by atoms with Gasteiger partial charge in [-0.1, -0.05) is 111 Å². The fourth-order valence-corrected chi connectivity index (χ4v) is 4.76. The number of hydrogen-bond donors (Lipinski definition) is 2. The third-order valence-corrected chi connectivity index (χ3v) is 6.64. The normalized spacial score (nSPS) is 11.3. The fraction of sp³-hybridized carbons (Fsp3) is 0.387. The van der Waals surface area contributed by atoms with E-state index in [9.17, 15) is 4.79 Å². The molecule has 186 valence electrons. The van der Waals surface area contributed by atoms with Crippen molar-refractivity contribution in [2.24, 2.45) is 0 Å². The predicted molar refractivity (Wildman–Crippen MR) is 143 cm³/mol. The number of methoxy groups -OCH3 is 1. The number of carbonyl (C=O) groups is 1. The van der Waals surface area contributed by atoms with Gasteiger partial charge in [0.1, 0.15) is 5.75 Å². The Morgan fingerprint density at radius 1 is 0.686 bits per heavy atom. The van der Waals surface area contributed by atoms with E-state index < -0.39 is 11.5 Å². The zero-order chi connectivity index (χ0) is 24.8. The van der Waals surface area contributed by atoms with Gasteiger partial charge < -0.3 is 9.84 Å². The molecule has 3 rings (SSSR count). The van der Waals surface area contributed by atoms with Crippen LogP contribution in [-0.4, -0.2) is 24.7 Å². The Morgan fingerprint density at radius 2 is 1.14 bits per heavy atom. The van der Waals surface area contributed by atoms with Gasteiger partial charge >= 0.3 is 5.97 Å². The smallest absolute Gasteiger partial charge is 0.303 e. The van der Waals surface area contributed by atoms with Crippen LogP contribution in [0.25, 0.3) is 0 Å². The maximum absolute atomic E-state index is 10.6. The van der Waals surface area contributed by atoms with E-state index >= 15 is 0 Å². The highest BCUT2D eigenvalue weighted by Crippen LogP contribution is 2.37. The number of hydrogen-bond acceptors (Lipinski definition) is 3. The molecule has 3 aromatic rings. The van der Waals surface area contributed by atoms with E-state index in [4.69, 9.17) is 9.84 Å². The summed E-state index contributed by atoms with van der Waals surface area (Å²) in [4.78, 5) is 10.6. The van der Waals surface area contributed by atoms with Gasteiger partial charge in [-0.15, -0.1) is 0 Å². The van der Waals surface area contributed by atoms with Crippen molar-refractivity contribution in [1.29, 1.82) is 0 Å². The average Bonchev–Trinajstić information content (AvgIpc) is 2.90. The summed E-state index contributed by atoms with van der Waals surface area (Å²) in [5.74, 6) is 0.168. The summed E-state index contributed by atoms with van der Waals surface area (Å²) in [5.41, 5.74) is 3.19. The van der Waals surface area contributed by atoms with Crippen LogP contribution in [0.3, 0.4) is 0 Å². The molecule has 3 aromatic carbocycles. The first-order chi connectivity index (χ1) is 17.2. The van der Waals surface area contributed by atoms with Crippen molar-refractivity contribution in [3.8, 4) is 5.75 Å². The second-order valence-corrected chi connectivity index (χ2v) is 9.11. The number of unbranched alkanes of at least 4 members (excludes halogenated alkanes) is 7. The minimum absolute atomic E-state index is 0.296. The van der Waals surface area contributed by atoms with Crippen LogP contribution in [0, 0.1) is 0 Å². The molecule has 0 spiro atoms. The number of ether oxygens (including phenoxy) is 1. The van der Waals surface area contributed by atoms with Crippen LogP contribution in [0.15, 0.2) is 84.9 Å². The molecule has 0 saturated carbocycles. The number of aliphatic carboxylic acids is 1. The molecule has 2 N–H and O–H groups in total. The highest BCUT2D eigenvalue weighted by atomic mass is 16.5. The topological polar surface area (TPSA) is 58.6 Å². The molecule has 0 amide bonds. The van der Waals surface area contributed by atoms with Gasteiger partial charge in [0.05, 0.1) is 12.6 Å². The van der Waals surface area contributed by atoms with Crippen molar-refractivity contribution in [1.82, 2.24) is 5.32 Å². The van der Waals surface area contributed by atoms with Gasteiger partial charge in [0.25, 0.3) is 0 Å². The van der Waals surface area contributed by atoms with Crippen LogP contribution in [-0.2, 0) is 10.3 Å². The van der Waals surface area contributed by atoms with Gasteiger partial charge in [-0.25, -0.2) is 0 Å². The van der Waals surface area contributed by atoms with E-state index in [1.807, 2.05) is 12.1 Å². The Labute approximate surface area is 210 Å². The molecule has 35 heavy (non-hydrogen) atoms. The molecule has 4 nitrogen and oxygen atoms in total. The van der Waals surface area contributed by atoms with E-state index in [0.29, 0.717) is 6.42 Å². The lowest BCUT2D eigenvalue weighted by Crippen LogP contribution is -2.45. The molecule has 0 aromatic heterocycles. The van der Waals surface area contributed by atoms with Gasteiger partial charge in [-0.05, 0) is 48.2 Å². The third kappa shape index (κ3) is 7.69. The Bertz CT molecular complexity index is 947. The summed E-state index contributed by atoms with van der Waals surface area (Å²) in [6.07, 6.45) is 9.16. The van der Waals surface area contributed by atoms with Crippen LogP contribution in [0.1, 0.15) is 74.5 Å². The molecule has 0 bridgehead atoms. The standard InChI is InChI=1S/C31H39NO3/c1-35-29-23-21-28(22-24-29)31(26-16-10-8-11-17-26,27-18-12-9-13-19-27)32-25-15-7-5-3-2-4-6-14-20-30(33)34/h8-13,16-19,21-24,32H,2-7,14-15,20,25H2,1H3,(H,33,34). The zero-order valence-corrected chi connectivity index (χ0v) is 20.9. The maximum atomic E-state index is 10.6. The van der Waals surface area contributed by atoms with E-state index in [-0.39, 0.29) is 0 Å². The number of carboxylic acids is 1. The van der Waals surface area contributed by atoms with E-state index in [2.05, 4.69) is 78.1 Å². The van der Waals surface area contributed by atoms with Gasteiger partial charge in [0, 0.05) is 6.42 Å². The molecule has 0 unspecified atom stereocenters. The number of rotatable bonds is 16.